The van der Waals surface area contributed by atoms with Crippen molar-refractivity contribution in [3.05, 3.63) is 11.1 Å². The molecule has 1 aromatic heterocycles. The van der Waals surface area contributed by atoms with Gasteiger partial charge in [0.05, 0.1) is 31.9 Å². The summed E-state index contributed by atoms with van der Waals surface area (Å²) in [5.74, 6) is -0.239. The van der Waals surface area contributed by atoms with Crippen molar-refractivity contribution in [3.8, 4) is 0 Å². The van der Waals surface area contributed by atoms with Crippen LogP contribution in [0.5, 0.6) is 0 Å². The molecule has 0 saturated heterocycles. The molecule has 0 aromatic carbocycles. The number of nitrogens with one attached hydrogen (secondary N) is 1. The third kappa shape index (κ3) is 7.42. The van der Waals surface area contributed by atoms with E-state index in [1.165, 1.54) is 11.3 Å². The van der Waals surface area contributed by atoms with Crippen molar-refractivity contribution >= 4 is 22.4 Å². The van der Waals surface area contributed by atoms with Gasteiger partial charge in [-0.05, 0) is 21.0 Å². The number of likely N-dealkylation sites (N-methyl/N-ethyl adjacent to an activating group) is 1. The summed E-state index contributed by atoms with van der Waals surface area (Å²) < 4.78 is 10.3. The van der Waals surface area contributed by atoms with Gasteiger partial charge in [-0.3, -0.25) is 4.79 Å². The largest absolute Gasteiger partial charge is 0.466 e. The minimum absolute atomic E-state index is 0.228. The van der Waals surface area contributed by atoms with E-state index in [1.807, 2.05) is 19.5 Å². The maximum atomic E-state index is 11.3. The lowest BCUT2D eigenvalue weighted by Gasteiger charge is -2.09. The summed E-state index contributed by atoms with van der Waals surface area (Å²) in [7, 11) is 4.03. The third-order valence-corrected chi connectivity index (χ3v) is 3.24. The Morgan fingerprint density at radius 2 is 2.25 bits per heavy atom. The molecule has 1 heterocycles. The van der Waals surface area contributed by atoms with Crippen molar-refractivity contribution in [2.75, 3.05) is 52.3 Å². The van der Waals surface area contributed by atoms with Crippen LogP contribution in [-0.4, -0.2) is 62.9 Å². The van der Waals surface area contributed by atoms with Gasteiger partial charge in [0.1, 0.15) is 0 Å². The lowest BCUT2D eigenvalue weighted by molar-refractivity contribution is -0.142. The minimum Gasteiger partial charge on any atom is -0.466 e. The molecule has 0 saturated carbocycles. The number of ether oxygens (including phenoxy) is 2. The molecule has 20 heavy (non-hydrogen) atoms. The molecule has 1 rings (SSSR count). The summed E-state index contributed by atoms with van der Waals surface area (Å²) >= 11 is 1.48. The Morgan fingerprint density at radius 3 is 2.95 bits per heavy atom. The molecule has 1 N–H and O–H groups in total. The number of esters is 1. The zero-order chi connectivity index (χ0) is 14.8. The second kappa shape index (κ2) is 9.68. The fourth-order valence-electron chi connectivity index (χ4n) is 1.41. The smallest absolute Gasteiger partial charge is 0.311 e. The number of nitrogens with zero attached hydrogens (tertiary/aromatic N) is 2. The van der Waals surface area contributed by atoms with Gasteiger partial charge < -0.3 is 19.7 Å². The number of aromatic nitrogens is 1. The van der Waals surface area contributed by atoms with Crippen LogP contribution in [0.25, 0.3) is 0 Å². The fraction of sp³-hybridized carbons (Fsp3) is 0.692. The fourth-order valence-corrected chi connectivity index (χ4v) is 2.15. The number of carbonyl (C=O) groups is 1. The van der Waals surface area contributed by atoms with E-state index in [9.17, 15) is 4.79 Å². The standard InChI is InChI=1S/C13H23N3O3S/c1-4-19-12(17)9-11-10-20-13(15-11)14-5-7-18-8-6-16(2)3/h10H,4-9H2,1-3H3,(H,14,15). The molecule has 1 aromatic rings. The van der Waals surface area contributed by atoms with Crippen LogP contribution in [0.2, 0.25) is 0 Å². The van der Waals surface area contributed by atoms with Gasteiger partial charge >= 0.3 is 5.97 Å². The highest BCUT2D eigenvalue weighted by Crippen LogP contribution is 2.15. The second-order valence-electron chi connectivity index (χ2n) is 4.47. The average Bonchev–Trinajstić information content (AvgIpc) is 2.81. The van der Waals surface area contributed by atoms with Gasteiger partial charge in [0.2, 0.25) is 0 Å². The predicted molar refractivity (Wildman–Crippen MR) is 80.3 cm³/mol. The first-order valence-electron chi connectivity index (χ1n) is 6.68. The van der Waals surface area contributed by atoms with Gasteiger partial charge in [-0.15, -0.1) is 11.3 Å². The van der Waals surface area contributed by atoms with E-state index < -0.39 is 0 Å². The molecule has 0 fully saturated rings. The van der Waals surface area contributed by atoms with Crippen LogP contribution in [0, 0.1) is 0 Å². The molecular formula is C13H23N3O3S. The maximum Gasteiger partial charge on any atom is 0.311 e. The second-order valence-corrected chi connectivity index (χ2v) is 5.33. The highest BCUT2D eigenvalue weighted by molar-refractivity contribution is 7.13. The van der Waals surface area contributed by atoms with E-state index >= 15 is 0 Å². The summed E-state index contributed by atoms with van der Waals surface area (Å²) in [5, 5.41) is 5.85. The number of thiazole rings is 1. The Kier molecular flexibility index (Phi) is 8.17. The van der Waals surface area contributed by atoms with Gasteiger partial charge in [-0.1, -0.05) is 0 Å². The summed E-state index contributed by atoms with van der Waals surface area (Å²) in [6, 6.07) is 0. The topological polar surface area (TPSA) is 63.7 Å². The normalized spacial score (nSPS) is 10.8. The van der Waals surface area contributed by atoms with Crippen molar-refractivity contribution in [1.82, 2.24) is 9.88 Å². The van der Waals surface area contributed by atoms with Crippen molar-refractivity contribution in [1.29, 1.82) is 0 Å². The Morgan fingerprint density at radius 1 is 1.45 bits per heavy atom. The van der Waals surface area contributed by atoms with Gasteiger partial charge in [0, 0.05) is 18.5 Å². The number of rotatable bonds is 10. The number of hydrogen-bond donors (Lipinski definition) is 1. The molecule has 114 valence electrons. The van der Waals surface area contributed by atoms with Gasteiger partial charge in [0.15, 0.2) is 5.13 Å². The Bertz CT molecular complexity index is 396. The van der Waals surface area contributed by atoms with Crippen LogP contribution in [0.4, 0.5) is 5.13 Å². The highest BCUT2D eigenvalue weighted by Gasteiger charge is 2.07. The zero-order valence-electron chi connectivity index (χ0n) is 12.3. The number of anilines is 1. The minimum atomic E-state index is -0.239. The number of carbonyl (C=O) groups excluding carboxylic acids is 1. The average molecular weight is 301 g/mol. The van der Waals surface area contributed by atoms with Crippen LogP contribution >= 0.6 is 11.3 Å². The molecule has 0 aliphatic heterocycles. The molecule has 0 aliphatic carbocycles. The van der Waals surface area contributed by atoms with E-state index in [2.05, 4.69) is 15.2 Å². The van der Waals surface area contributed by atoms with Crippen molar-refractivity contribution in [2.24, 2.45) is 0 Å². The van der Waals surface area contributed by atoms with Crippen molar-refractivity contribution in [2.45, 2.75) is 13.3 Å². The maximum absolute atomic E-state index is 11.3. The van der Waals surface area contributed by atoms with E-state index in [-0.39, 0.29) is 12.4 Å². The SMILES string of the molecule is CCOC(=O)Cc1csc(NCCOCCN(C)C)n1. The molecule has 0 radical (unpaired) electrons. The molecule has 0 unspecified atom stereocenters. The van der Waals surface area contributed by atoms with Crippen LogP contribution in [-0.2, 0) is 20.7 Å². The highest BCUT2D eigenvalue weighted by atomic mass is 32.1. The lowest BCUT2D eigenvalue weighted by atomic mass is 10.3. The monoisotopic (exact) mass is 301 g/mol. The molecule has 0 aliphatic rings. The molecule has 6 nitrogen and oxygen atoms in total. The van der Waals surface area contributed by atoms with Gasteiger partial charge in [-0.25, -0.2) is 4.98 Å². The molecule has 0 bridgehead atoms. The first-order valence-corrected chi connectivity index (χ1v) is 7.56. The summed E-state index contributed by atoms with van der Waals surface area (Å²) in [6.07, 6.45) is 0.228. The Hall–Kier alpha value is -1.18. The van der Waals surface area contributed by atoms with Crippen molar-refractivity contribution < 1.29 is 14.3 Å². The summed E-state index contributed by atoms with van der Waals surface area (Å²) in [6.45, 7) is 5.18. The molecule has 0 atom stereocenters. The van der Waals surface area contributed by atoms with E-state index in [0.717, 1.165) is 24.0 Å². The van der Waals surface area contributed by atoms with Gasteiger partial charge in [0.25, 0.3) is 0 Å². The zero-order valence-corrected chi connectivity index (χ0v) is 13.2. The molecule has 0 amide bonds. The van der Waals surface area contributed by atoms with Crippen LogP contribution < -0.4 is 5.32 Å². The quantitative estimate of drug-likeness (QED) is 0.518. The van der Waals surface area contributed by atoms with E-state index in [1.54, 1.807) is 6.92 Å². The molecular weight excluding hydrogens is 278 g/mol. The Labute approximate surface area is 124 Å². The van der Waals surface area contributed by atoms with Crippen molar-refractivity contribution in [3.63, 3.8) is 0 Å². The summed E-state index contributed by atoms with van der Waals surface area (Å²) in [4.78, 5) is 17.7. The van der Waals surface area contributed by atoms with Crippen LogP contribution in [0.15, 0.2) is 5.38 Å². The van der Waals surface area contributed by atoms with Gasteiger partial charge in [-0.2, -0.15) is 0 Å². The molecule has 0 spiro atoms. The van der Waals surface area contributed by atoms with Crippen LogP contribution in [0.3, 0.4) is 0 Å². The Balaban J connectivity index is 2.15. The first kappa shape index (κ1) is 16.9. The van der Waals surface area contributed by atoms with E-state index in [0.29, 0.717) is 19.8 Å². The first-order chi connectivity index (χ1) is 9.61. The number of hydrogen-bond acceptors (Lipinski definition) is 7. The lowest BCUT2D eigenvalue weighted by Crippen LogP contribution is -2.20. The predicted octanol–water partition coefficient (Wildman–Crippen LogP) is 1.24. The molecule has 7 heteroatoms. The summed E-state index contributed by atoms with van der Waals surface area (Å²) in [5.41, 5.74) is 0.740. The van der Waals surface area contributed by atoms with Crippen LogP contribution in [0.1, 0.15) is 12.6 Å². The van der Waals surface area contributed by atoms with E-state index in [4.69, 9.17) is 9.47 Å². The third-order valence-electron chi connectivity index (χ3n) is 2.39.